The number of fused-ring (bicyclic) bond motifs is 7. The van der Waals surface area contributed by atoms with Crippen molar-refractivity contribution in [1.29, 1.82) is 0 Å². The molecule has 5 aliphatic rings. The molecule has 55 heavy (non-hydrogen) atoms. The maximum absolute atomic E-state index is 6.85. The van der Waals surface area contributed by atoms with Gasteiger partial charge in [-0.3, -0.25) is 0 Å². The minimum absolute atomic E-state index is 0. The normalized spacial score (nSPS) is 27.0. The molecule has 5 aliphatic carbocycles. The minimum atomic E-state index is -5.38. The molecule has 4 aromatic carbocycles. The second kappa shape index (κ2) is 13.0. The summed E-state index contributed by atoms with van der Waals surface area (Å²) in [6.07, 6.45) is 16.4. The van der Waals surface area contributed by atoms with E-state index in [1.807, 2.05) is 0 Å². The van der Waals surface area contributed by atoms with Crippen molar-refractivity contribution in [3.8, 4) is 0 Å². The molecule has 0 N–H and O–H groups in total. The van der Waals surface area contributed by atoms with Gasteiger partial charge in [-0.05, 0) is 0 Å². The zero-order chi connectivity index (χ0) is 37.4. The molecular weight excluding hydrogens is 810 g/mol. The Hall–Kier alpha value is -2.54. The van der Waals surface area contributed by atoms with Crippen LogP contribution in [0.2, 0.25) is 8.15 Å². The Morgan fingerprint density at radius 3 is 2.11 bits per heavy atom. The number of halogens is 3. The summed E-state index contributed by atoms with van der Waals surface area (Å²) in [4.78, 5) is 0. The first kappa shape index (κ1) is 40.7. The third-order valence-electron chi connectivity index (χ3n) is 17.7. The van der Waals surface area contributed by atoms with Crippen LogP contribution in [-0.4, -0.2) is 4.21 Å². The number of benzene rings is 4. The Balaban J connectivity index is 0.00000233. The Morgan fingerprint density at radius 2 is 1.40 bits per heavy atom. The fraction of sp³-hybridized carbons (Fsp3) is 0.353. The van der Waals surface area contributed by atoms with E-state index in [4.69, 9.17) is 15.8 Å². The van der Waals surface area contributed by atoms with Gasteiger partial charge in [0.15, 0.2) is 0 Å². The van der Waals surface area contributed by atoms with E-state index in [0.29, 0.717) is 5.92 Å². The van der Waals surface area contributed by atoms with Gasteiger partial charge >= 0.3 is 326 Å². The van der Waals surface area contributed by atoms with Crippen LogP contribution in [0.3, 0.4) is 0 Å². The summed E-state index contributed by atoms with van der Waals surface area (Å²) in [6.45, 7) is 21.3. The molecule has 0 nitrogen and oxygen atoms in total. The maximum atomic E-state index is 6.85. The summed E-state index contributed by atoms with van der Waals surface area (Å²) < 4.78 is 10.3. The van der Waals surface area contributed by atoms with Gasteiger partial charge in [0.2, 0.25) is 0 Å². The summed E-state index contributed by atoms with van der Waals surface area (Å²) in [5, 5.41) is 3.43. The average molecular weight is 868 g/mol. The van der Waals surface area contributed by atoms with Crippen LogP contribution in [0.25, 0.3) is 16.3 Å². The second-order valence-electron chi connectivity index (χ2n) is 19.1. The zero-order valence-corrected chi connectivity index (χ0v) is 38.7. The van der Waals surface area contributed by atoms with Gasteiger partial charge in [-0.1, -0.05) is 0 Å². The molecule has 1 saturated carbocycles. The molecule has 0 amide bonds. The van der Waals surface area contributed by atoms with Crippen molar-refractivity contribution in [2.45, 2.75) is 84.2 Å². The molecular formula is C51H57Cl3Zr. The molecule has 0 aromatic heterocycles. The monoisotopic (exact) mass is 864 g/mol. The molecule has 0 bridgehead atoms. The molecule has 9 rings (SSSR count). The van der Waals surface area contributed by atoms with E-state index in [-0.39, 0.29) is 49.6 Å². The van der Waals surface area contributed by atoms with Crippen LogP contribution in [0, 0.1) is 27.6 Å². The molecule has 4 heteroatoms. The van der Waals surface area contributed by atoms with Gasteiger partial charge in [0, 0.05) is 0 Å². The fourth-order valence-electron chi connectivity index (χ4n) is 13.7. The molecule has 4 aromatic rings. The van der Waals surface area contributed by atoms with Crippen molar-refractivity contribution in [3.63, 3.8) is 0 Å². The molecule has 3 unspecified atom stereocenters. The first-order chi connectivity index (χ1) is 25.1. The summed E-state index contributed by atoms with van der Waals surface area (Å²) >= 11 is 1.48. The zero-order valence-electron chi connectivity index (χ0n) is 33.9. The van der Waals surface area contributed by atoms with Crippen LogP contribution < -0.4 is 6.54 Å². The molecule has 0 aliphatic heterocycles. The summed E-state index contributed by atoms with van der Waals surface area (Å²) in [5.74, 6) is 0.401. The topological polar surface area (TPSA) is 0 Å². The van der Waals surface area contributed by atoms with Crippen LogP contribution >= 0.6 is 36.4 Å². The van der Waals surface area contributed by atoms with E-state index in [0.717, 1.165) is 24.3 Å². The Kier molecular flexibility index (Phi) is 9.60. The van der Waals surface area contributed by atoms with Crippen LogP contribution in [0.4, 0.5) is 0 Å². The Bertz CT molecular complexity index is 2480. The second-order valence-corrected chi connectivity index (χ2v) is 33.4. The van der Waals surface area contributed by atoms with Crippen molar-refractivity contribution >= 4 is 63.5 Å². The van der Waals surface area contributed by atoms with Crippen molar-refractivity contribution in [2.24, 2.45) is 27.6 Å². The molecule has 0 radical (unpaired) electrons. The van der Waals surface area contributed by atoms with Gasteiger partial charge in [0.05, 0.1) is 0 Å². The number of hydrogen-bond acceptors (Lipinski definition) is 0. The number of allylic oxidation sites excluding steroid dienone is 10. The van der Waals surface area contributed by atoms with Crippen molar-refractivity contribution in [3.05, 3.63) is 158 Å². The van der Waals surface area contributed by atoms with Crippen molar-refractivity contribution in [2.75, 3.05) is 0 Å². The Morgan fingerprint density at radius 1 is 0.727 bits per heavy atom. The molecule has 0 spiro atoms. The van der Waals surface area contributed by atoms with Crippen molar-refractivity contribution < 1.29 is 18.3 Å². The van der Waals surface area contributed by atoms with E-state index in [9.17, 15) is 0 Å². The van der Waals surface area contributed by atoms with Gasteiger partial charge < -0.3 is 0 Å². The van der Waals surface area contributed by atoms with Crippen molar-refractivity contribution in [1.82, 2.24) is 0 Å². The van der Waals surface area contributed by atoms with Gasteiger partial charge in [-0.15, -0.1) is 24.8 Å². The van der Waals surface area contributed by atoms with E-state index in [2.05, 4.69) is 177 Å². The first-order valence-electron chi connectivity index (χ1n) is 20.0. The van der Waals surface area contributed by atoms with E-state index < -0.39 is 18.3 Å². The predicted molar refractivity (Wildman–Crippen MR) is 242 cm³/mol. The number of rotatable bonds is 4. The van der Waals surface area contributed by atoms with Crippen LogP contribution in [-0.2, 0) is 24.7 Å². The van der Waals surface area contributed by atoms with Gasteiger partial charge in [-0.2, -0.15) is 0 Å². The number of hydrogen-bond donors (Lipinski definition) is 0. The van der Waals surface area contributed by atoms with Crippen LogP contribution in [0.5, 0.6) is 0 Å². The van der Waals surface area contributed by atoms with E-state index >= 15 is 0 Å². The molecule has 3 atom stereocenters. The van der Waals surface area contributed by atoms with E-state index in [1.54, 1.807) is 20.0 Å². The molecule has 0 heterocycles. The van der Waals surface area contributed by atoms with Gasteiger partial charge in [0.25, 0.3) is 0 Å². The van der Waals surface area contributed by atoms with Crippen LogP contribution in [0.15, 0.2) is 141 Å². The Labute approximate surface area is 348 Å². The average Bonchev–Trinajstić information content (AvgIpc) is 3.84. The predicted octanol–water partition coefficient (Wildman–Crippen LogP) is 13.8. The summed E-state index contributed by atoms with van der Waals surface area (Å²) in [5.41, 5.74) is 8.83. The molecule has 286 valence electrons. The third-order valence-corrected chi connectivity index (χ3v) is 37.8. The molecule has 1 fully saturated rings. The quantitative estimate of drug-likeness (QED) is 0.192. The third kappa shape index (κ3) is 4.49. The van der Waals surface area contributed by atoms with E-state index in [1.165, 1.54) is 40.4 Å². The van der Waals surface area contributed by atoms with Crippen LogP contribution in [0.1, 0.15) is 85.8 Å². The first-order valence-corrected chi connectivity index (χ1v) is 27.0. The molecule has 0 saturated heterocycles. The summed E-state index contributed by atoms with van der Waals surface area (Å²) in [6, 6.07) is 34.8. The standard InChI is InChI=1S/C29H37.C10H7.C6H4Cl.C5H5.CH2.2ClH.Zr/c1-18-25-22-17-19-13-9-10-14-20(19)24(22)21-15-11-12-16-23(21)29(25,8)28(6,7)27(4,5)26(18,2)3;1-2-6-10-8-4-3-7-9(10)5-1;7-6-4-2-1-3-5-6;1-2-4-5-3-1;;;;/h9-11,13-15,23H,12,16-17H2,1-8H3;1-7H;2-5H;1-3H,4H2;1H2;2*1H;. The van der Waals surface area contributed by atoms with Gasteiger partial charge in [-0.25, -0.2) is 0 Å². The SMILES string of the molecule is Cl.Cl.[CH2]=[Zr]([C]1=CC=CC1)([c]1ccc(Cl)cc1)([c]1cccc2ccccc12)[C]1(C)C2=C3Cc4ccccc4C3=C3C=CCCC3C2(C)C(C)(C)C(C)(C)C1(C)C. The van der Waals surface area contributed by atoms with Gasteiger partial charge in [0.1, 0.15) is 0 Å². The summed E-state index contributed by atoms with van der Waals surface area (Å²) in [7, 11) is 0. The fourth-order valence-corrected chi connectivity index (χ4v) is 35.1.